The predicted molar refractivity (Wildman–Crippen MR) is 72.3 cm³/mol. The zero-order valence-electron chi connectivity index (χ0n) is 12.8. The molecule has 3 atom stereocenters. The van der Waals surface area contributed by atoms with Gasteiger partial charge in [-0.3, -0.25) is 0 Å². The molecule has 0 spiro atoms. The molecule has 2 N–H and O–H groups in total. The zero-order valence-corrected chi connectivity index (χ0v) is 12.8. The molecule has 2 aliphatic rings. The molecular formula is C15H26F3NO. The minimum absolute atomic E-state index is 0.0318. The van der Waals surface area contributed by atoms with Crippen LogP contribution in [0.15, 0.2) is 0 Å². The summed E-state index contributed by atoms with van der Waals surface area (Å²) in [5.41, 5.74) is 4.92. The van der Waals surface area contributed by atoms with E-state index in [0.29, 0.717) is 12.8 Å². The molecular weight excluding hydrogens is 267 g/mol. The molecule has 5 heteroatoms. The van der Waals surface area contributed by atoms with E-state index >= 15 is 0 Å². The van der Waals surface area contributed by atoms with Crippen LogP contribution in [0.1, 0.15) is 59.8 Å². The van der Waals surface area contributed by atoms with Gasteiger partial charge in [0.15, 0.2) is 0 Å². The Morgan fingerprint density at radius 1 is 1.10 bits per heavy atom. The minimum atomic E-state index is -4.13. The van der Waals surface area contributed by atoms with Crippen molar-refractivity contribution in [1.29, 1.82) is 0 Å². The van der Waals surface area contributed by atoms with E-state index in [-0.39, 0.29) is 24.4 Å². The van der Waals surface area contributed by atoms with Gasteiger partial charge in [0.1, 0.15) is 0 Å². The van der Waals surface area contributed by atoms with Crippen LogP contribution in [0.3, 0.4) is 0 Å². The van der Waals surface area contributed by atoms with E-state index < -0.39 is 23.2 Å². The molecule has 0 aromatic rings. The van der Waals surface area contributed by atoms with E-state index in [1.54, 1.807) is 0 Å². The highest BCUT2D eigenvalue weighted by molar-refractivity contribution is 5.08. The second kappa shape index (κ2) is 4.60. The van der Waals surface area contributed by atoms with Crippen LogP contribution in [0.5, 0.6) is 0 Å². The van der Waals surface area contributed by atoms with Crippen molar-refractivity contribution < 1.29 is 17.9 Å². The second-order valence-electron chi connectivity index (χ2n) is 7.79. The van der Waals surface area contributed by atoms with Crippen LogP contribution < -0.4 is 5.73 Å². The van der Waals surface area contributed by atoms with E-state index in [4.69, 9.17) is 10.5 Å². The predicted octanol–water partition coefficient (Wildman–Crippen LogP) is 4.03. The molecule has 2 nitrogen and oxygen atoms in total. The van der Waals surface area contributed by atoms with Gasteiger partial charge >= 0.3 is 6.18 Å². The van der Waals surface area contributed by atoms with Gasteiger partial charge in [0.2, 0.25) is 0 Å². The van der Waals surface area contributed by atoms with Crippen LogP contribution in [0.4, 0.5) is 13.2 Å². The van der Waals surface area contributed by atoms with Gasteiger partial charge in [0, 0.05) is 11.5 Å². The summed E-state index contributed by atoms with van der Waals surface area (Å²) in [6.07, 6.45) is -1.96. The van der Waals surface area contributed by atoms with Crippen molar-refractivity contribution in [2.45, 2.75) is 82.7 Å². The minimum Gasteiger partial charge on any atom is -0.369 e. The summed E-state index contributed by atoms with van der Waals surface area (Å²) in [5.74, 6) is -1.30. The van der Waals surface area contributed by atoms with Crippen molar-refractivity contribution in [3.05, 3.63) is 0 Å². The number of ether oxygens (including phenoxy) is 1. The van der Waals surface area contributed by atoms with Crippen molar-refractivity contribution in [3.8, 4) is 0 Å². The molecule has 0 aromatic carbocycles. The monoisotopic (exact) mass is 293 g/mol. The van der Waals surface area contributed by atoms with E-state index in [1.165, 1.54) is 0 Å². The zero-order chi connectivity index (χ0) is 15.4. The summed E-state index contributed by atoms with van der Waals surface area (Å²) >= 11 is 0. The maximum atomic E-state index is 13.0. The summed E-state index contributed by atoms with van der Waals surface area (Å²) in [5, 5.41) is 0. The molecule has 0 amide bonds. The fraction of sp³-hybridized carbons (Fsp3) is 1.00. The Hall–Kier alpha value is -0.290. The summed E-state index contributed by atoms with van der Waals surface area (Å²) in [4.78, 5) is 0. The Morgan fingerprint density at radius 3 is 2.15 bits per heavy atom. The molecule has 1 heterocycles. The summed E-state index contributed by atoms with van der Waals surface area (Å²) in [7, 11) is 0. The smallest absolute Gasteiger partial charge is 0.369 e. The highest BCUT2D eigenvalue weighted by atomic mass is 19.4. The average molecular weight is 293 g/mol. The van der Waals surface area contributed by atoms with Crippen LogP contribution >= 0.6 is 0 Å². The molecule has 20 heavy (non-hydrogen) atoms. The third kappa shape index (κ3) is 2.98. The third-order valence-electron chi connectivity index (χ3n) is 5.05. The van der Waals surface area contributed by atoms with Gasteiger partial charge < -0.3 is 10.5 Å². The van der Waals surface area contributed by atoms with Crippen molar-refractivity contribution in [1.82, 2.24) is 0 Å². The van der Waals surface area contributed by atoms with Crippen LogP contribution in [-0.2, 0) is 4.74 Å². The molecule has 0 aromatic heterocycles. The number of hydrogen-bond acceptors (Lipinski definition) is 2. The molecule has 118 valence electrons. The summed E-state index contributed by atoms with van der Waals surface area (Å²) in [6, 6.07) is 0. The normalized spacial score (nSPS) is 40.8. The second-order valence-corrected chi connectivity index (χ2v) is 7.79. The van der Waals surface area contributed by atoms with E-state index in [2.05, 4.69) is 0 Å². The first-order valence-corrected chi connectivity index (χ1v) is 7.42. The first-order chi connectivity index (χ1) is 8.86. The van der Waals surface area contributed by atoms with Gasteiger partial charge in [-0.05, 0) is 53.4 Å². The van der Waals surface area contributed by atoms with Gasteiger partial charge in [-0.2, -0.15) is 13.2 Å². The van der Waals surface area contributed by atoms with Crippen molar-refractivity contribution in [2.75, 3.05) is 0 Å². The largest absolute Gasteiger partial charge is 0.391 e. The Labute approximate surface area is 119 Å². The first-order valence-electron chi connectivity index (χ1n) is 7.42. The van der Waals surface area contributed by atoms with E-state index in [0.717, 1.165) is 6.42 Å². The molecule has 1 saturated carbocycles. The number of halogens is 3. The third-order valence-corrected chi connectivity index (χ3v) is 5.05. The van der Waals surface area contributed by atoms with Crippen molar-refractivity contribution >= 4 is 0 Å². The van der Waals surface area contributed by atoms with Gasteiger partial charge in [-0.25, -0.2) is 0 Å². The number of hydrogen-bond donors (Lipinski definition) is 1. The SMILES string of the molecule is CC1(C)CC(C2(N)CCCC(C(F)(F)F)C2)C(C)(C)O1. The Kier molecular flexibility index (Phi) is 3.70. The lowest BCUT2D eigenvalue weighted by Crippen LogP contribution is -2.57. The maximum Gasteiger partial charge on any atom is 0.391 e. The molecule has 1 aliphatic carbocycles. The average Bonchev–Trinajstić information content (AvgIpc) is 2.46. The highest BCUT2D eigenvalue weighted by Gasteiger charge is 2.57. The van der Waals surface area contributed by atoms with E-state index in [1.807, 2.05) is 27.7 Å². The fourth-order valence-electron chi connectivity index (χ4n) is 4.39. The van der Waals surface area contributed by atoms with E-state index in [9.17, 15) is 13.2 Å². The molecule has 1 saturated heterocycles. The van der Waals surface area contributed by atoms with Gasteiger partial charge in [-0.1, -0.05) is 6.42 Å². The first kappa shape index (κ1) is 16.1. The van der Waals surface area contributed by atoms with Gasteiger partial charge in [-0.15, -0.1) is 0 Å². The van der Waals surface area contributed by atoms with Crippen LogP contribution in [0.25, 0.3) is 0 Å². The molecule has 2 rings (SSSR count). The Morgan fingerprint density at radius 2 is 1.70 bits per heavy atom. The lowest BCUT2D eigenvalue weighted by atomic mass is 9.64. The highest BCUT2D eigenvalue weighted by Crippen LogP contribution is 2.52. The van der Waals surface area contributed by atoms with Crippen LogP contribution in [0, 0.1) is 11.8 Å². The topological polar surface area (TPSA) is 35.2 Å². The van der Waals surface area contributed by atoms with Crippen molar-refractivity contribution in [2.24, 2.45) is 17.6 Å². The lowest BCUT2D eigenvalue weighted by Gasteiger charge is -2.46. The Bertz CT molecular complexity index is 378. The molecule has 0 bridgehead atoms. The molecule has 1 aliphatic heterocycles. The Balaban J connectivity index is 2.22. The fourth-order valence-corrected chi connectivity index (χ4v) is 4.39. The summed E-state index contributed by atoms with van der Waals surface area (Å²) < 4.78 is 45.1. The van der Waals surface area contributed by atoms with Crippen LogP contribution in [-0.4, -0.2) is 22.9 Å². The quantitative estimate of drug-likeness (QED) is 0.792. The summed E-state index contributed by atoms with van der Waals surface area (Å²) in [6.45, 7) is 7.89. The van der Waals surface area contributed by atoms with Gasteiger partial charge in [0.05, 0.1) is 17.1 Å². The standard InChI is InChI=1S/C15H26F3NO/c1-12(2)9-11(13(3,4)20-12)14(19)7-5-6-10(8-14)15(16,17)18/h10-11H,5-9,19H2,1-4H3. The molecule has 0 radical (unpaired) electrons. The molecule has 2 fully saturated rings. The maximum absolute atomic E-state index is 13.0. The number of nitrogens with two attached hydrogens (primary N) is 1. The van der Waals surface area contributed by atoms with Crippen LogP contribution in [0.2, 0.25) is 0 Å². The van der Waals surface area contributed by atoms with Crippen molar-refractivity contribution in [3.63, 3.8) is 0 Å². The van der Waals surface area contributed by atoms with Gasteiger partial charge in [0.25, 0.3) is 0 Å². The number of alkyl halides is 3. The molecule has 3 unspecified atom stereocenters. The lowest BCUT2D eigenvalue weighted by molar-refractivity contribution is -0.191. The number of rotatable bonds is 1.